The van der Waals surface area contributed by atoms with Gasteiger partial charge in [-0.2, -0.15) is 5.26 Å². The summed E-state index contributed by atoms with van der Waals surface area (Å²) in [7, 11) is 0. The van der Waals surface area contributed by atoms with Crippen LogP contribution in [0.3, 0.4) is 0 Å². The van der Waals surface area contributed by atoms with Crippen molar-refractivity contribution in [1.29, 1.82) is 5.26 Å². The van der Waals surface area contributed by atoms with Crippen LogP contribution in [0.4, 0.5) is 8.78 Å². The lowest BCUT2D eigenvalue weighted by atomic mass is 10.2. The molecule has 0 saturated carbocycles. The molecule has 2 rings (SSSR count). The van der Waals surface area contributed by atoms with Crippen molar-refractivity contribution in [2.45, 2.75) is 6.61 Å². The van der Waals surface area contributed by atoms with Crippen molar-refractivity contribution in [2.24, 2.45) is 0 Å². The molecule has 0 radical (unpaired) electrons. The summed E-state index contributed by atoms with van der Waals surface area (Å²) in [6.45, 7) is -0.144. The lowest BCUT2D eigenvalue weighted by Crippen LogP contribution is -2.00. The summed E-state index contributed by atoms with van der Waals surface area (Å²) >= 11 is 5.63. The van der Waals surface area contributed by atoms with Crippen LogP contribution in [-0.4, -0.2) is 0 Å². The van der Waals surface area contributed by atoms with Crippen molar-refractivity contribution < 1.29 is 13.5 Å². The quantitative estimate of drug-likeness (QED) is 0.848. The predicted octanol–water partition coefficient (Wildman–Crippen LogP) is 4.07. The third kappa shape index (κ3) is 3.01. The third-order valence-electron chi connectivity index (χ3n) is 2.48. The first-order valence-corrected chi connectivity index (χ1v) is 5.75. The van der Waals surface area contributed by atoms with E-state index in [-0.39, 0.29) is 28.5 Å². The zero-order valence-corrected chi connectivity index (χ0v) is 10.4. The van der Waals surface area contributed by atoms with E-state index in [1.165, 1.54) is 24.3 Å². The van der Waals surface area contributed by atoms with Crippen LogP contribution in [0.2, 0.25) is 5.02 Å². The van der Waals surface area contributed by atoms with E-state index in [0.717, 1.165) is 6.07 Å². The first-order valence-electron chi connectivity index (χ1n) is 5.37. The topological polar surface area (TPSA) is 33.0 Å². The number of hydrogen-bond donors (Lipinski definition) is 0. The number of nitriles is 1. The molecule has 0 amide bonds. The summed E-state index contributed by atoms with van der Waals surface area (Å²) in [5, 5.41) is 8.59. The highest BCUT2D eigenvalue weighted by atomic mass is 35.5. The van der Waals surface area contributed by atoms with Crippen molar-refractivity contribution in [1.82, 2.24) is 0 Å². The van der Waals surface area contributed by atoms with E-state index in [0.29, 0.717) is 0 Å². The maximum Gasteiger partial charge on any atom is 0.166 e. The molecule has 2 aromatic carbocycles. The largest absolute Gasteiger partial charge is 0.486 e. The monoisotopic (exact) mass is 279 g/mol. The molecule has 0 aliphatic carbocycles. The van der Waals surface area contributed by atoms with E-state index < -0.39 is 11.6 Å². The lowest BCUT2D eigenvalue weighted by molar-refractivity contribution is 0.285. The Labute approximate surface area is 113 Å². The molecular formula is C14H8ClF2NO. The van der Waals surface area contributed by atoms with E-state index in [4.69, 9.17) is 21.6 Å². The molecule has 0 atom stereocenters. The Morgan fingerprint density at radius 3 is 2.68 bits per heavy atom. The summed E-state index contributed by atoms with van der Waals surface area (Å²) in [6.07, 6.45) is 0. The third-order valence-corrected chi connectivity index (χ3v) is 2.77. The van der Waals surface area contributed by atoms with Gasteiger partial charge >= 0.3 is 0 Å². The smallest absolute Gasteiger partial charge is 0.166 e. The van der Waals surface area contributed by atoms with E-state index in [2.05, 4.69) is 0 Å². The van der Waals surface area contributed by atoms with Gasteiger partial charge in [0, 0.05) is 5.56 Å². The molecule has 0 spiro atoms. The molecule has 0 N–H and O–H groups in total. The van der Waals surface area contributed by atoms with Crippen molar-refractivity contribution in [3.8, 4) is 11.8 Å². The van der Waals surface area contributed by atoms with Gasteiger partial charge in [0.2, 0.25) is 0 Å². The number of nitrogens with zero attached hydrogens (tertiary/aromatic N) is 1. The molecule has 0 heterocycles. The zero-order valence-electron chi connectivity index (χ0n) is 9.66. The van der Waals surface area contributed by atoms with Crippen LogP contribution < -0.4 is 4.74 Å². The molecule has 2 aromatic rings. The van der Waals surface area contributed by atoms with Crippen molar-refractivity contribution in [3.63, 3.8) is 0 Å². The summed E-state index contributed by atoms with van der Waals surface area (Å²) in [6, 6.07) is 10.1. The van der Waals surface area contributed by atoms with E-state index >= 15 is 0 Å². The molecule has 0 aliphatic rings. The minimum absolute atomic E-state index is 0.0126. The molecule has 0 aliphatic heterocycles. The van der Waals surface area contributed by atoms with Gasteiger partial charge in [-0.25, -0.2) is 8.78 Å². The lowest BCUT2D eigenvalue weighted by Gasteiger charge is -2.08. The normalized spacial score (nSPS) is 10.0. The van der Waals surface area contributed by atoms with Gasteiger partial charge < -0.3 is 4.74 Å². The minimum atomic E-state index is -0.665. The summed E-state index contributed by atoms with van der Waals surface area (Å²) in [5.74, 6) is -1.29. The fourth-order valence-electron chi connectivity index (χ4n) is 1.50. The summed E-state index contributed by atoms with van der Waals surface area (Å²) in [5.41, 5.74) is 0.426. The Balaban J connectivity index is 2.15. The average Bonchev–Trinajstić information content (AvgIpc) is 2.41. The SMILES string of the molecule is N#Cc1ccc(OCc2cccc(Cl)c2F)c(F)c1. The van der Waals surface area contributed by atoms with E-state index in [1.807, 2.05) is 6.07 Å². The highest BCUT2D eigenvalue weighted by molar-refractivity contribution is 6.30. The zero-order chi connectivity index (χ0) is 13.8. The standard InChI is InChI=1S/C14H8ClF2NO/c15-11-3-1-2-10(14(11)17)8-19-13-5-4-9(7-18)6-12(13)16/h1-6H,8H2. The highest BCUT2D eigenvalue weighted by Gasteiger charge is 2.09. The van der Waals surface area contributed by atoms with E-state index in [1.54, 1.807) is 6.07 Å². The van der Waals surface area contributed by atoms with Crippen molar-refractivity contribution in [3.05, 3.63) is 64.2 Å². The second-order valence-electron chi connectivity index (χ2n) is 3.76. The molecule has 0 fully saturated rings. The maximum absolute atomic E-state index is 13.6. The predicted molar refractivity (Wildman–Crippen MR) is 66.9 cm³/mol. The molecule has 0 aromatic heterocycles. The Bertz CT molecular complexity index is 652. The van der Waals surface area contributed by atoms with Crippen LogP contribution in [0, 0.1) is 23.0 Å². The van der Waals surface area contributed by atoms with Crippen LogP contribution in [0.25, 0.3) is 0 Å². The first-order chi connectivity index (χ1) is 9.11. The van der Waals surface area contributed by atoms with Gasteiger partial charge in [-0.1, -0.05) is 23.7 Å². The number of benzene rings is 2. The minimum Gasteiger partial charge on any atom is -0.486 e. The van der Waals surface area contributed by atoms with Gasteiger partial charge in [0.1, 0.15) is 12.4 Å². The van der Waals surface area contributed by atoms with Crippen molar-refractivity contribution in [2.75, 3.05) is 0 Å². The summed E-state index contributed by atoms with van der Waals surface area (Å²) in [4.78, 5) is 0. The number of halogens is 3. The average molecular weight is 280 g/mol. The molecule has 0 saturated heterocycles. The number of hydrogen-bond acceptors (Lipinski definition) is 2. The van der Waals surface area contributed by atoms with Gasteiger partial charge in [0.05, 0.1) is 16.7 Å². The Morgan fingerprint density at radius 2 is 2.00 bits per heavy atom. The van der Waals surface area contributed by atoms with Gasteiger partial charge in [-0.05, 0) is 24.3 Å². The first kappa shape index (κ1) is 13.3. The summed E-state index contributed by atoms with van der Waals surface area (Å²) < 4.78 is 32.3. The Morgan fingerprint density at radius 1 is 1.21 bits per heavy atom. The second kappa shape index (κ2) is 5.68. The van der Waals surface area contributed by atoms with Crippen LogP contribution in [0.15, 0.2) is 36.4 Å². The molecule has 0 bridgehead atoms. The highest BCUT2D eigenvalue weighted by Crippen LogP contribution is 2.22. The Hall–Kier alpha value is -2.12. The molecule has 5 heteroatoms. The van der Waals surface area contributed by atoms with Crippen LogP contribution in [0.5, 0.6) is 5.75 Å². The second-order valence-corrected chi connectivity index (χ2v) is 4.17. The van der Waals surface area contributed by atoms with E-state index in [9.17, 15) is 8.78 Å². The van der Waals surface area contributed by atoms with Gasteiger partial charge in [-0.3, -0.25) is 0 Å². The van der Waals surface area contributed by atoms with Gasteiger partial charge in [-0.15, -0.1) is 0 Å². The molecule has 19 heavy (non-hydrogen) atoms. The van der Waals surface area contributed by atoms with Crippen LogP contribution in [0.1, 0.15) is 11.1 Å². The Kier molecular flexibility index (Phi) is 3.98. The van der Waals surface area contributed by atoms with Crippen molar-refractivity contribution >= 4 is 11.6 Å². The van der Waals surface area contributed by atoms with Gasteiger partial charge in [0.15, 0.2) is 11.6 Å². The molecule has 96 valence electrons. The molecule has 2 nitrogen and oxygen atoms in total. The fourth-order valence-corrected chi connectivity index (χ4v) is 1.70. The van der Waals surface area contributed by atoms with Crippen LogP contribution in [-0.2, 0) is 6.61 Å². The van der Waals surface area contributed by atoms with Gasteiger partial charge in [0.25, 0.3) is 0 Å². The number of ether oxygens (including phenoxy) is 1. The number of rotatable bonds is 3. The molecule has 0 unspecified atom stereocenters. The molecular weight excluding hydrogens is 272 g/mol. The maximum atomic E-state index is 13.6. The fraction of sp³-hybridized carbons (Fsp3) is 0.0714. The van der Waals surface area contributed by atoms with Crippen LogP contribution >= 0.6 is 11.6 Å².